The van der Waals surface area contributed by atoms with Gasteiger partial charge in [0.25, 0.3) is 0 Å². The van der Waals surface area contributed by atoms with E-state index in [-0.39, 0.29) is 0 Å². The highest BCUT2D eigenvalue weighted by atomic mass is 15.2. The second kappa shape index (κ2) is 3.70. The molecule has 1 heterocycles. The molecule has 66 valence electrons. The lowest BCUT2D eigenvalue weighted by atomic mass is 10.00. The van der Waals surface area contributed by atoms with Crippen molar-refractivity contribution >= 4 is 0 Å². The van der Waals surface area contributed by atoms with Gasteiger partial charge in [0, 0.05) is 5.92 Å². The highest BCUT2D eigenvalue weighted by Gasteiger charge is 2.16. The Labute approximate surface area is 72.6 Å². The summed E-state index contributed by atoms with van der Waals surface area (Å²) in [4.78, 5) is 4.21. The average Bonchev–Trinajstić information content (AvgIpc) is 2.48. The summed E-state index contributed by atoms with van der Waals surface area (Å²) >= 11 is 0. The van der Waals surface area contributed by atoms with Crippen molar-refractivity contribution < 1.29 is 0 Å². The summed E-state index contributed by atoms with van der Waals surface area (Å²) in [7, 11) is 0. The minimum atomic E-state index is 0.624. The number of nitrogens with one attached hydrogen (secondary N) is 1. The summed E-state index contributed by atoms with van der Waals surface area (Å²) in [5.74, 6) is 1.65. The molecular formula is C9H15N3. The quantitative estimate of drug-likeness (QED) is 0.648. The predicted octanol–water partition coefficient (Wildman–Crippen LogP) is 2.24. The summed E-state index contributed by atoms with van der Waals surface area (Å²) < 4.78 is 0. The van der Waals surface area contributed by atoms with Gasteiger partial charge in [-0.15, -0.1) is 0 Å². The molecule has 1 N–H and O–H groups in total. The van der Waals surface area contributed by atoms with Crippen molar-refractivity contribution in [3.63, 3.8) is 0 Å². The van der Waals surface area contributed by atoms with E-state index in [1.807, 2.05) is 0 Å². The van der Waals surface area contributed by atoms with Gasteiger partial charge in [-0.1, -0.05) is 25.7 Å². The number of nitrogens with zero attached hydrogens (tertiary/aromatic N) is 2. The molecule has 12 heavy (non-hydrogen) atoms. The van der Waals surface area contributed by atoms with Gasteiger partial charge in [-0.2, -0.15) is 5.10 Å². The summed E-state index contributed by atoms with van der Waals surface area (Å²) in [5, 5.41) is 6.93. The van der Waals surface area contributed by atoms with Crippen LogP contribution in [0.5, 0.6) is 0 Å². The third-order valence-electron chi connectivity index (χ3n) is 2.65. The summed E-state index contributed by atoms with van der Waals surface area (Å²) in [6, 6.07) is 0. The van der Waals surface area contributed by atoms with Crippen LogP contribution in [0.1, 0.15) is 50.3 Å². The maximum atomic E-state index is 4.21. The molecule has 0 amide bonds. The van der Waals surface area contributed by atoms with Crippen LogP contribution in [0.15, 0.2) is 6.33 Å². The number of rotatable bonds is 1. The molecule has 0 radical (unpaired) electrons. The van der Waals surface area contributed by atoms with Crippen LogP contribution in [-0.2, 0) is 0 Å². The standard InChI is InChI=1S/C9H15N3/c1-2-4-6-8(5-3-1)9-10-7-11-12-9/h7-8H,1-6H2,(H,10,11,12). The Balaban J connectivity index is 2.02. The fraction of sp³-hybridized carbons (Fsp3) is 0.778. The fourth-order valence-electron chi connectivity index (χ4n) is 1.95. The Morgan fingerprint density at radius 2 is 1.92 bits per heavy atom. The van der Waals surface area contributed by atoms with E-state index in [0.29, 0.717) is 5.92 Å². The zero-order valence-electron chi connectivity index (χ0n) is 7.29. The van der Waals surface area contributed by atoms with E-state index in [2.05, 4.69) is 15.2 Å². The number of H-pyrrole nitrogens is 1. The van der Waals surface area contributed by atoms with E-state index < -0.39 is 0 Å². The van der Waals surface area contributed by atoms with E-state index in [9.17, 15) is 0 Å². The number of hydrogen-bond acceptors (Lipinski definition) is 2. The van der Waals surface area contributed by atoms with Crippen molar-refractivity contribution in [3.05, 3.63) is 12.2 Å². The lowest BCUT2D eigenvalue weighted by Crippen LogP contribution is -1.99. The average molecular weight is 165 g/mol. The van der Waals surface area contributed by atoms with Gasteiger partial charge in [-0.05, 0) is 12.8 Å². The molecule has 0 aromatic carbocycles. The minimum Gasteiger partial charge on any atom is -0.266 e. The Morgan fingerprint density at radius 1 is 1.17 bits per heavy atom. The molecule has 1 aromatic heterocycles. The number of hydrogen-bond donors (Lipinski definition) is 1. The van der Waals surface area contributed by atoms with Crippen molar-refractivity contribution in [1.29, 1.82) is 0 Å². The van der Waals surface area contributed by atoms with Gasteiger partial charge in [0.05, 0.1) is 0 Å². The van der Waals surface area contributed by atoms with Gasteiger partial charge in [-0.25, -0.2) is 4.98 Å². The van der Waals surface area contributed by atoms with Gasteiger partial charge in [0.2, 0.25) is 0 Å². The van der Waals surface area contributed by atoms with Gasteiger partial charge in [0.1, 0.15) is 6.33 Å². The lowest BCUT2D eigenvalue weighted by molar-refractivity contribution is 0.562. The topological polar surface area (TPSA) is 41.6 Å². The lowest BCUT2D eigenvalue weighted by Gasteiger charge is -2.07. The van der Waals surface area contributed by atoms with Crippen LogP contribution in [0, 0.1) is 0 Å². The van der Waals surface area contributed by atoms with E-state index in [1.54, 1.807) is 6.33 Å². The largest absolute Gasteiger partial charge is 0.266 e. The van der Waals surface area contributed by atoms with Crippen LogP contribution < -0.4 is 0 Å². The van der Waals surface area contributed by atoms with Crippen LogP contribution in [-0.4, -0.2) is 15.2 Å². The highest BCUT2D eigenvalue weighted by molar-refractivity contribution is 4.93. The first-order valence-corrected chi connectivity index (χ1v) is 4.82. The minimum absolute atomic E-state index is 0.624. The molecule has 0 unspecified atom stereocenters. The van der Waals surface area contributed by atoms with Gasteiger partial charge in [0.15, 0.2) is 5.82 Å². The zero-order chi connectivity index (χ0) is 8.23. The van der Waals surface area contributed by atoms with Crippen molar-refractivity contribution in [2.45, 2.75) is 44.4 Å². The van der Waals surface area contributed by atoms with E-state index in [4.69, 9.17) is 0 Å². The van der Waals surface area contributed by atoms with Crippen molar-refractivity contribution in [1.82, 2.24) is 15.2 Å². The number of aromatic nitrogens is 3. The molecule has 0 saturated heterocycles. The first-order valence-electron chi connectivity index (χ1n) is 4.82. The third-order valence-corrected chi connectivity index (χ3v) is 2.65. The molecule has 0 atom stereocenters. The predicted molar refractivity (Wildman–Crippen MR) is 46.8 cm³/mol. The maximum absolute atomic E-state index is 4.21. The SMILES string of the molecule is c1nc(C2CCCCCC2)n[nH]1. The Bertz CT molecular complexity index is 210. The molecule has 3 nitrogen and oxygen atoms in total. The fourth-order valence-corrected chi connectivity index (χ4v) is 1.95. The maximum Gasteiger partial charge on any atom is 0.153 e. The summed E-state index contributed by atoms with van der Waals surface area (Å²) in [6.45, 7) is 0. The first kappa shape index (κ1) is 7.77. The Hall–Kier alpha value is -0.860. The van der Waals surface area contributed by atoms with Gasteiger partial charge < -0.3 is 0 Å². The Kier molecular flexibility index (Phi) is 2.39. The van der Waals surface area contributed by atoms with Crippen molar-refractivity contribution in [2.75, 3.05) is 0 Å². The third kappa shape index (κ3) is 1.65. The highest BCUT2D eigenvalue weighted by Crippen LogP contribution is 2.28. The molecule has 1 aromatic rings. The summed E-state index contributed by atoms with van der Waals surface area (Å²) in [6.07, 6.45) is 9.70. The molecule has 3 heteroatoms. The van der Waals surface area contributed by atoms with Crippen LogP contribution in [0.4, 0.5) is 0 Å². The molecule has 0 spiro atoms. The van der Waals surface area contributed by atoms with Gasteiger partial charge >= 0.3 is 0 Å². The number of aromatic amines is 1. The van der Waals surface area contributed by atoms with E-state index in [0.717, 1.165) is 5.82 Å². The molecule has 1 aliphatic carbocycles. The molecule has 1 fully saturated rings. The molecule has 1 aliphatic rings. The molecule has 0 bridgehead atoms. The van der Waals surface area contributed by atoms with Crippen LogP contribution >= 0.6 is 0 Å². The molecule has 0 aliphatic heterocycles. The first-order chi connectivity index (χ1) is 5.97. The van der Waals surface area contributed by atoms with Crippen molar-refractivity contribution in [3.8, 4) is 0 Å². The summed E-state index contributed by atoms with van der Waals surface area (Å²) in [5.41, 5.74) is 0. The van der Waals surface area contributed by atoms with Gasteiger partial charge in [-0.3, -0.25) is 5.10 Å². The Morgan fingerprint density at radius 3 is 2.50 bits per heavy atom. The normalized spacial score (nSPS) is 20.7. The molecular weight excluding hydrogens is 150 g/mol. The molecule has 1 saturated carbocycles. The second-order valence-electron chi connectivity index (χ2n) is 3.55. The second-order valence-corrected chi connectivity index (χ2v) is 3.55. The zero-order valence-corrected chi connectivity index (χ0v) is 7.29. The van der Waals surface area contributed by atoms with Crippen LogP contribution in [0.2, 0.25) is 0 Å². The van der Waals surface area contributed by atoms with Crippen molar-refractivity contribution in [2.24, 2.45) is 0 Å². The smallest absolute Gasteiger partial charge is 0.153 e. The van der Waals surface area contributed by atoms with E-state index in [1.165, 1.54) is 38.5 Å². The van der Waals surface area contributed by atoms with E-state index >= 15 is 0 Å². The van der Waals surface area contributed by atoms with Crippen LogP contribution in [0.25, 0.3) is 0 Å². The monoisotopic (exact) mass is 165 g/mol. The van der Waals surface area contributed by atoms with Crippen LogP contribution in [0.3, 0.4) is 0 Å². The molecule has 2 rings (SSSR count).